The number of para-hydroxylation sites is 2. The minimum Gasteiger partial charge on any atom is -0.455 e. The van der Waals surface area contributed by atoms with Crippen molar-refractivity contribution in [3.63, 3.8) is 0 Å². The molecule has 0 amide bonds. The van der Waals surface area contributed by atoms with Gasteiger partial charge >= 0.3 is 0 Å². The average molecular weight is 700 g/mol. The standard InChI is InChI=1S/C53H33NO/c1-2-14-38(15-3-1)54(39-26-24-35(25-27-39)37-23-22-34-12-4-5-13-36(34)32-37)40-28-30-48-45(33-40)51-49(31-29-44-43-18-8-11-21-50(43)55-52(44)51)53(48)46-19-9-6-16-41(46)42-17-7-10-20-47(42)53/h1-33H. The Morgan fingerprint density at radius 2 is 0.964 bits per heavy atom. The Kier molecular flexibility index (Phi) is 6.29. The topological polar surface area (TPSA) is 16.4 Å². The zero-order chi connectivity index (χ0) is 36.1. The fourth-order valence-corrected chi connectivity index (χ4v) is 9.73. The van der Waals surface area contributed by atoms with E-state index < -0.39 is 5.41 Å². The van der Waals surface area contributed by atoms with Gasteiger partial charge < -0.3 is 9.32 Å². The van der Waals surface area contributed by atoms with Crippen molar-refractivity contribution in [1.29, 1.82) is 0 Å². The Morgan fingerprint density at radius 1 is 0.364 bits per heavy atom. The van der Waals surface area contributed by atoms with Crippen LogP contribution in [0.25, 0.3) is 66.1 Å². The van der Waals surface area contributed by atoms with Crippen LogP contribution in [0.1, 0.15) is 22.3 Å². The highest BCUT2D eigenvalue weighted by atomic mass is 16.3. The lowest BCUT2D eigenvalue weighted by atomic mass is 9.70. The summed E-state index contributed by atoms with van der Waals surface area (Å²) in [5.41, 5.74) is 17.3. The highest BCUT2D eigenvalue weighted by molar-refractivity contribution is 6.13. The van der Waals surface area contributed by atoms with Crippen LogP contribution in [0.5, 0.6) is 0 Å². The summed E-state index contributed by atoms with van der Waals surface area (Å²) >= 11 is 0. The predicted octanol–water partition coefficient (Wildman–Crippen LogP) is 14.2. The number of rotatable bonds is 4. The monoisotopic (exact) mass is 699 g/mol. The van der Waals surface area contributed by atoms with Crippen LogP contribution in [0.15, 0.2) is 205 Å². The molecule has 1 heterocycles. The minimum atomic E-state index is -0.470. The minimum absolute atomic E-state index is 0.470. The molecule has 0 N–H and O–H groups in total. The van der Waals surface area contributed by atoms with Crippen LogP contribution in [-0.2, 0) is 5.41 Å². The molecule has 2 aliphatic rings. The number of hydrogen-bond acceptors (Lipinski definition) is 2. The van der Waals surface area contributed by atoms with E-state index in [0.29, 0.717) is 0 Å². The summed E-state index contributed by atoms with van der Waals surface area (Å²) < 4.78 is 6.87. The highest BCUT2D eigenvalue weighted by Crippen LogP contribution is 2.64. The van der Waals surface area contributed by atoms with Crippen molar-refractivity contribution >= 4 is 49.8 Å². The molecule has 0 radical (unpaired) electrons. The fourth-order valence-electron chi connectivity index (χ4n) is 9.73. The Balaban J connectivity index is 1.10. The van der Waals surface area contributed by atoms with Gasteiger partial charge in [-0.05, 0) is 109 Å². The molecule has 0 saturated heterocycles. The molecular formula is C53H33NO. The van der Waals surface area contributed by atoms with E-state index in [1.807, 2.05) is 0 Å². The van der Waals surface area contributed by atoms with E-state index in [0.717, 1.165) is 39.0 Å². The van der Waals surface area contributed by atoms with Crippen molar-refractivity contribution in [1.82, 2.24) is 0 Å². The molecule has 256 valence electrons. The molecule has 0 fully saturated rings. The highest BCUT2D eigenvalue weighted by Gasteiger charge is 2.52. The third-order valence-corrected chi connectivity index (χ3v) is 12.1. The normalized spacial score (nSPS) is 13.2. The number of fused-ring (bicyclic) bond motifs is 15. The number of benzene rings is 9. The summed E-state index contributed by atoms with van der Waals surface area (Å²) in [6.07, 6.45) is 0. The molecule has 1 aromatic heterocycles. The third-order valence-electron chi connectivity index (χ3n) is 12.1. The summed E-state index contributed by atoms with van der Waals surface area (Å²) in [6.45, 7) is 0. The van der Waals surface area contributed by atoms with Crippen LogP contribution in [0.4, 0.5) is 17.1 Å². The van der Waals surface area contributed by atoms with Crippen molar-refractivity contribution in [3.8, 4) is 33.4 Å². The largest absolute Gasteiger partial charge is 0.455 e. The number of hydrogen-bond donors (Lipinski definition) is 0. The first-order valence-corrected chi connectivity index (χ1v) is 19.0. The third kappa shape index (κ3) is 4.19. The first-order valence-electron chi connectivity index (χ1n) is 19.0. The number of furan rings is 1. The molecule has 0 aliphatic heterocycles. The van der Waals surface area contributed by atoms with E-state index in [1.54, 1.807) is 0 Å². The van der Waals surface area contributed by atoms with E-state index in [4.69, 9.17) is 4.42 Å². The maximum atomic E-state index is 6.87. The van der Waals surface area contributed by atoms with Crippen LogP contribution in [0, 0.1) is 0 Å². The van der Waals surface area contributed by atoms with Gasteiger partial charge in [0, 0.05) is 33.4 Å². The van der Waals surface area contributed by atoms with Crippen molar-refractivity contribution in [2.75, 3.05) is 4.90 Å². The Labute approximate surface area is 319 Å². The fraction of sp³-hybridized carbons (Fsp3) is 0.0189. The van der Waals surface area contributed by atoms with Crippen LogP contribution >= 0.6 is 0 Å². The maximum absolute atomic E-state index is 6.87. The predicted molar refractivity (Wildman–Crippen MR) is 228 cm³/mol. The molecule has 1 spiro atoms. The van der Waals surface area contributed by atoms with Crippen molar-refractivity contribution < 1.29 is 4.42 Å². The second kappa shape index (κ2) is 11.4. The number of anilines is 3. The number of nitrogens with zero attached hydrogens (tertiary/aromatic N) is 1. The molecule has 55 heavy (non-hydrogen) atoms. The molecule has 2 heteroatoms. The second-order valence-electron chi connectivity index (χ2n) is 14.8. The van der Waals surface area contributed by atoms with E-state index in [2.05, 4.69) is 205 Å². The SMILES string of the molecule is c1ccc(N(c2ccc(-c3ccc4ccccc4c3)cc2)c2ccc3c(c2)-c2c(ccc4c2oc2ccccc24)C32c3ccccc3-c3ccccc32)cc1. The molecule has 0 bridgehead atoms. The molecule has 2 nitrogen and oxygen atoms in total. The molecule has 0 unspecified atom stereocenters. The molecule has 2 aliphatic carbocycles. The van der Waals surface area contributed by atoms with Gasteiger partial charge in [-0.3, -0.25) is 0 Å². The van der Waals surface area contributed by atoms with Crippen LogP contribution in [-0.4, -0.2) is 0 Å². The second-order valence-corrected chi connectivity index (χ2v) is 14.8. The summed E-state index contributed by atoms with van der Waals surface area (Å²) in [4.78, 5) is 2.38. The van der Waals surface area contributed by atoms with E-state index >= 15 is 0 Å². The van der Waals surface area contributed by atoms with Crippen molar-refractivity contribution in [3.05, 3.63) is 222 Å². The van der Waals surface area contributed by atoms with Crippen molar-refractivity contribution in [2.24, 2.45) is 0 Å². The Bertz CT molecular complexity index is 3110. The lowest BCUT2D eigenvalue weighted by Crippen LogP contribution is -2.25. The summed E-state index contributed by atoms with van der Waals surface area (Å²) in [5.74, 6) is 0. The van der Waals surface area contributed by atoms with Gasteiger partial charge in [0.05, 0.1) is 5.41 Å². The van der Waals surface area contributed by atoms with Crippen LogP contribution < -0.4 is 4.90 Å². The first kappa shape index (κ1) is 30.3. The van der Waals surface area contributed by atoms with E-state index in [9.17, 15) is 0 Å². The van der Waals surface area contributed by atoms with Crippen molar-refractivity contribution in [2.45, 2.75) is 5.41 Å². The summed E-state index contributed by atoms with van der Waals surface area (Å²) in [5, 5.41) is 4.79. The van der Waals surface area contributed by atoms with E-state index in [1.165, 1.54) is 66.4 Å². The molecule has 10 aromatic rings. The van der Waals surface area contributed by atoms with Gasteiger partial charge in [-0.25, -0.2) is 0 Å². The van der Waals surface area contributed by atoms with Gasteiger partial charge in [-0.2, -0.15) is 0 Å². The lowest BCUT2D eigenvalue weighted by Gasteiger charge is -2.31. The zero-order valence-corrected chi connectivity index (χ0v) is 29.9. The molecule has 9 aromatic carbocycles. The van der Waals surface area contributed by atoms with Gasteiger partial charge in [0.15, 0.2) is 0 Å². The van der Waals surface area contributed by atoms with Crippen LogP contribution in [0.2, 0.25) is 0 Å². The van der Waals surface area contributed by atoms with E-state index in [-0.39, 0.29) is 0 Å². The average Bonchev–Trinajstić information content (AvgIpc) is 3.88. The quantitative estimate of drug-likeness (QED) is 0.182. The van der Waals surface area contributed by atoms with Gasteiger partial charge in [-0.1, -0.05) is 152 Å². The zero-order valence-electron chi connectivity index (χ0n) is 29.9. The Morgan fingerprint density at radius 3 is 1.76 bits per heavy atom. The van der Waals surface area contributed by atoms with Gasteiger partial charge in [0.1, 0.15) is 11.2 Å². The molecule has 0 atom stereocenters. The first-order chi connectivity index (χ1) is 27.3. The molecule has 0 saturated carbocycles. The lowest BCUT2D eigenvalue weighted by molar-refractivity contribution is 0.669. The van der Waals surface area contributed by atoms with Crippen LogP contribution in [0.3, 0.4) is 0 Å². The smallest absolute Gasteiger partial charge is 0.143 e. The molecular weight excluding hydrogens is 667 g/mol. The maximum Gasteiger partial charge on any atom is 0.143 e. The molecule has 12 rings (SSSR count). The van der Waals surface area contributed by atoms with Gasteiger partial charge in [0.25, 0.3) is 0 Å². The van der Waals surface area contributed by atoms with Gasteiger partial charge in [-0.15, -0.1) is 0 Å². The van der Waals surface area contributed by atoms with Gasteiger partial charge in [0.2, 0.25) is 0 Å². The Hall–Kier alpha value is -7.16. The summed E-state index contributed by atoms with van der Waals surface area (Å²) in [6, 6.07) is 73.1. The summed E-state index contributed by atoms with van der Waals surface area (Å²) in [7, 11) is 0.